The number of aromatic nitrogens is 2. The molecule has 1 saturated carbocycles. The summed E-state index contributed by atoms with van der Waals surface area (Å²) in [6.45, 7) is 5.38. The van der Waals surface area contributed by atoms with E-state index < -0.39 is 0 Å². The summed E-state index contributed by atoms with van der Waals surface area (Å²) >= 11 is 0. The summed E-state index contributed by atoms with van der Waals surface area (Å²) < 4.78 is 2.05. The van der Waals surface area contributed by atoms with E-state index >= 15 is 0 Å². The van der Waals surface area contributed by atoms with Crippen molar-refractivity contribution in [3.05, 3.63) is 17.5 Å². The molecule has 0 spiro atoms. The Bertz CT molecular complexity index is 354. The predicted octanol–water partition coefficient (Wildman–Crippen LogP) is 2.44. The third-order valence-electron chi connectivity index (χ3n) is 3.87. The van der Waals surface area contributed by atoms with Crippen molar-refractivity contribution in [1.29, 1.82) is 0 Å². The zero-order chi connectivity index (χ0) is 12.3. The Kier molecular flexibility index (Phi) is 4.21. The van der Waals surface area contributed by atoms with Crippen molar-refractivity contribution in [2.24, 2.45) is 13.0 Å². The van der Waals surface area contributed by atoms with Gasteiger partial charge < -0.3 is 5.32 Å². The molecule has 1 aromatic rings. The zero-order valence-electron chi connectivity index (χ0n) is 11.4. The van der Waals surface area contributed by atoms with Crippen LogP contribution in [0.4, 0.5) is 0 Å². The second-order valence-electron chi connectivity index (χ2n) is 5.39. The Morgan fingerprint density at radius 2 is 2.29 bits per heavy atom. The Labute approximate surface area is 105 Å². The van der Waals surface area contributed by atoms with Crippen molar-refractivity contribution in [2.45, 2.75) is 52.0 Å². The third-order valence-corrected chi connectivity index (χ3v) is 3.87. The van der Waals surface area contributed by atoms with Gasteiger partial charge in [0.15, 0.2) is 0 Å². The van der Waals surface area contributed by atoms with Crippen LogP contribution in [-0.2, 0) is 13.5 Å². The molecular formula is C14H25N3. The smallest absolute Gasteiger partial charge is 0.0596 e. The van der Waals surface area contributed by atoms with Gasteiger partial charge >= 0.3 is 0 Å². The Morgan fingerprint density at radius 3 is 2.94 bits per heavy atom. The van der Waals surface area contributed by atoms with E-state index in [1.54, 1.807) is 0 Å². The molecule has 1 heterocycles. The minimum absolute atomic E-state index is 0.744. The van der Waals surface area contributed by atoms with Gasteiger partial charge in [-0.1, -0.05) is 13.3 Å². The van der Waals surface area contributed by atoms with Crippen LogP contribution in [0.2, 0.25) is 0 Å². The average molecular weight is 235 g/mol. The molecule has 2 atom stereocenters. The van der Waals surface area contributed by atoms with Gasteiger partial charge in [0.25, 0.3) is 0 Å². The first-order chi connectivity index (χ1) is 8.19. The fourth-order valence-electron chi connectivity index (χ4n) is 3.10. The van der Waals surface area contributed by atoms with Gasteiger partial charge in [0.2, 0.25) is 0 Å². The van der Waals surface area contributed by atoms with E-state index in [-0.39, 0.29) is 0 Å². The molecule has 0 bridgehead atoms. The lowest BCUT2D eigenvalue weighted by Crippen LogP contribution is -2.34. The minimum Gasteiger partial charge on any atom is -0.314 e. The lowest BCUT2D eigenvalue weighted by Gasteiger charge is -2.29. The fraction of sp³-hybridized carbons (Fsp3) is 0.786. The fourth-order valence-corrected chi connectivity index (χ4v) is 3.10. The summed E-state index contributed by atoms with van der Waals surface area (Å²) in [6.07, 6.45) is 6.64. The van der Waals surface area contributed by atoms with Crippen LogP contribution in [0.25, 0.3) is 0 Å². The molecule has 3 heteroatoms. The lowest BCUT2D eigenvalue weighted by molar-refractivity contribution is 0.284. The topological polar surface area (TPSA) is 29.9 Å². The minimum atomic E-state index is 0.744. The van der Waals surface area contributed by atoms with Crippen LogP contribution in [0.15, 0.2) is 6.07 Å². The quantitative estimate of drug-likeness (QED) is 0.868. The van der Waals surface area contributed by atoms with Crippen LogP contribution in [0.5, 0.6) is 0 Å². The summed E-state index contributed by atoms with van der Waals surface area (Å²) in [6, 6.07) is 2.98. The van der Waals surface area contributed by atoms with Crippen LogP contribution in [-0.4, -0.2) is 22.4 Å². The van der Waals surface area contributed by atoms with Gasteiger partial charge in [-0.05, 0) is 51.1 Å². The van der Waals surface area contributed by atoms with Crippen molar-refractivity contribution in [1.82, 2.24) is 15.1 Å². The summed E-state index contributed by atoms with van der Waals surface area (Å²) in [5.74, 6) is 0.836. The molecule has 1 aromatic heterocycles. The average Bonchev–Trinajstić information content (AvgIpc) is 2.58. The maximum Gasteiger partial charge on any atom is 0.0596 e. The highest BCUT2D eigenvalue weighted by Crippen LogP contribution is 2.27. The number of aryl methyl sites for hydroxylation is 2. The molecule has 0 aromatic carbocycles. The molecule has 96 valence electrons. The Balaban J connectivity index is 1.92. The van der Waals surface area contributed by atoms with Gasteiger partial charge in [0.05, 0.1) is 5.69 Å². The number of nitrogens with zero attached hydrogens (tertiary/aromatic N) is 2. The number of rotatable bonds is 4. The lowest BCUT2D eigenvalue weighted by atomic mass is 9.83. The molecular weight excluding hydrogens is 210 g/mol. The molecule has 0 radical (unpaired) electrons. The monoisotopic (exact) mass is 235 g/mol. The maximum absolute atomic E-state index is 4.43. The molecule has 2 unspecified atom stereocenters. The van der Waals surface area contributed by atoms with Gasteiger partial charge in [-0.15, -0.1) is 0 Å². The standard InChI is InChI=1S/C14H25N3/c1-4-15-13-7-5-6-12(9-13)10-14-8-11(2)16-17(14)3/h8,12-13,15H,4-7,9-10H2,1-3H3. The second-order valence-corrected chi connectivity index (χ2v) is 5.39. The summed E-state index contributed by atoms with van der Waals surface area (Å²) in [4.78, 5) is 0. The molecule has 1 aliphatic carbocycles. The zero-order valence-corrected chi connectivity index (χ0v) is 11.4. The maximum atomic E-state index is 4.43. The molecule has 0 saturated heterocycles. The van der Waals surface area contributed by atoms with Crippen molar-refractivity contribution >= 4 is 0 Å². The Hall–Kier alpha value is -0.830. The van der Waals surface area contributed by atoms with Crippen molar-refractivity contribution in [2.75, 3.05) is 6.54 Å². The molecule has 1 N–H and O–H groups in total. The van der Waals surface area contributed by atoms with Crippen molar-refractivity contribution in [3.63, 3.8) is 0 Å². The van der Waals surface area contributed by atoms with E-state index in [0.717, 1.165) is 24.2 Å². The highest BCUT2D eigenvalue weighted by Gasteiger charge is 2.22. The van der Waals surface area contributed by atoms with Crippen LogP contribution in [0.1, 0.15) is 44.0 Å². The SMILES string of the molecule is CCNC1CCCC(Cc2cc(C)nn2C)C1. The summed E-state index contributed by atoms with van der Waals surface area (Å²) in [5.41, 5.74) is 2.53. The van der Waals surface area contributed by atoms with Crippen LogP contribution in [0.3, 0.4) is 0 Å². The van der Waals surface area contributed by atoms with Gasteiger partial charge in [-0.25, -0.2) is 0 Å². The first-order valence-corrected chi connectivity index (χ1v) is 6.92. The summed E-state index contributed by atoms with van der Waals surface area (Å²) in [7, 11) is 2.06. The predicted molar refractivity (Wildman–Crippen MR) is 71.1 cm³/mol. The van der Waals surface area contributed by atoms with Gasteiger partial charge in [0.1, 0.15) is 0 Å². The van der Waals surface area contributed by atoms with E-state index in [0.29, 0.717) is 0 Å². The molecule has 3 nitrogen and oxygen atoms in total. The third kappa shape index (κ3) is 3.32. The van der Waals surface area contributed by atoms with E-state index in [4.69, 9.17) is 0 Å². The number of hydrogen-bond donors (Lipinski definition) is 1. The van der Waals surface area contributed by atoms with E-state index in [1.165, 1.54) is 37.8 Å². The van der Waals surface area contributed by atoms with Crippen LogP contribution < -0.4 is 5.32 Å². The van der Waals surface area contributed by atoms with Crippen LogP contribution in [0, 0.1) is 12.8 Å². The second kappa shape index (κ2) is 5.67. The number of nitrogens with one attached hydrogen (secondary N) is 1. The van der Waals surface area contributed by atoms with Crippen molar-refractivity contribution in [3.8, 4) is 0 Å². The molecule has 2 rings (SSSR count). The molecule has 0 aliphatic heterocycles. The largest absolute Gasteiger partial charge is 0.314 e. The first-order valence-electron chi connectivity index (χ1n) is 6.92. The van der Waals surface area contributed by atoms with Crippen molar-refractivity contribution < 1.29 is 0 Å². The van der Waals surface area contributed by atoms with E-state index in [2.05, 4.69) is 37.4 Å². The van der Waals surface area contributed by atoms with E-state index in [1.807, 2.05) is 4.68 Å². The van der Waals surface area contributed by atoms with Gasteiger partial charge in [-0.3, -0.25) is 4.68 Å². The molecule has 0 amide bonds. The molecule has 17 heavy (non-hydrogen) atoms. The first kappa shape index (κ1) is 12.6. The normalized spacial score (nSPS) is 25.1. The van der Waals surface area contributed by atoms with E-state index in [9.17, 15) is 0 Å². The molecule has 1 fully saturated rings. The Morgan fingerprint density at radius 1 is 1.47 bits per heavy atom. The summed E-state index contributed by atoms with van der Waals surface area (Å²) in [5, 5.41) is 8.03. The number of hydrogen-bond acceptors (Lipinski definition) is 2. The highest BCUT2D eigenvalue weighted by atomic mass is 15.3. The van der Waals surface area contributed by atoms with Crippen LogP contribution >= 0.6 is 0 Å². The van der Waals surface area contributed by atoms with Gasteiger partial charge in [0, 0.05) is 18.8 Å². The highest BCUT2D eigenvalue weighted by molar-refractivity contribution is 5.09. The van der Waals surface area contributed by atoms with Gasteiger partial charge in [-0.2, -0.15) is 5.10 Å². The molecule has 1 aliphatic rings.